The Balaban J connectivity index is 3.23. The highest BCUT2D eigenvalue weighted by molar-refractivity contribution is 9.10. The molecular weight excluding hydrogens is 215 g/mol. The second kappa shape index (κ2) is 3.00. The van der Waals surface area contributed by atoms with Gasteiger partial charge in [-0.1, -0.05) is 11.6 Å². The van der Waals surface area contributed by atoms with Crippen molar-refractivity contribution in [2.45, 2.75) is 0 Å². The summed E-state index contributed by atoms with van der Waals surface area (Å²) in [6, 6.07) is 3.49. The first-order chi connectivity index (χ1) is 4.74. The van der Waals surface area contributed by atoms with Crippen LogP contribution in [0.1, 0.15) is 5.69 Å². The number of nitriles is 1. The molecule has 0 radical (unpaired) electrons. The lowest BCUT2D eigenvalue weighted by molar-refractivity contribution is 1.25. The van der Waals surface area contributed by atoms with E-state index < -0.39 is 0 Å². The Morgan fingerprint density at radius 3 is 2.90 bits per heavy atom. The van der Waals surface area contributed by atoms with Gasteiger partial charge in [0.15, 0.2) is 5.69 Å². The van der Waals surface area contributed by atoms with Gasteiger partial charge in [-0.2, -0.15) is 5.26 Å². The molecule has 1 aromatic rings. The molecule has 2 nitrogen and oxygen atoms in total. The summed E-state index contributed by atoms with van der Waals surface area (Å²) in [6.07, 6.45) is 1.53. The number of pyridine rings is 1. The fourth-order valence-corrected chi connectivity index (χ4v) is 1.17. The molecule has 1 heterocycles. The predicted octanol–water partition coefficient (Wildman–Crippen LogP) is 2.37. The highest BCUT2D eigenvalue weighted by Gasteiger charge is 1.98. The van der Waals surface area contributed by atoms with Crippen molar-refractivity contribution >= 4 is 27.5 Å². The smallest absolute Gasteiger partial charge is 0.159 e. The van der Waals surface area contributed by atoms with Crippen molar-refractivity contribution in [1.82, 2.24) is 4.98 Å². The summed E-state index contributed by atoms with van der Waals surface area (Å²) in [4.78, 5) is 3.76. The maximum Gasteiger partial charge on any atom is 0.159 e. The minimum absolute atomic E-state index is 0.255. The van der Waals surface area contributed by atoms with Gasteiger partial charge in [-0.3, -0.25) is 0 Å². The first-order valence-corrected chi connectivity index (χ1v) is 3.62. The Bertz CT molecular complexity index is 292. The fraction of sp³-hybridized carbons (Fsp3) is 0. The third kappa shape index (κ3) is 1.47. The summed E-state index contributed by atoms with van der Waals surface area (Å²) < 4.78 is 0.775. The fourth-order valence-electron chi connectivity index (χ4n) is 0.497. The third-order valence-corrected chi connectivity index (χ3v) is 1.64. The molecule has 0 atom stereocenters. The van der Waals surface area contributed by atoms with Gasteiger partial charge in [0, 0.05) is 10.7 Å². The third-order valence-electron chi connectivity index (χ3n) is 0.914. The monoisotopic (exact) mass is 216 g/mol. The van der Waals surface area contributed by atoms with Crippen LogP contribution in [0.25, 0.3) is 0 Å². The highest BCUT2D eigenvalue weighted by Crippen LogP contribution is 2.17. The predicted molar refractivity (Wildman–Crippen MR) is 41.7 cm³/mol. The van der Waals surface area contributed by atoms with Gasteiger partial charge in [-0.05, 0) is 22.0 Å². The first-order valence-electron chi connectivity index (χ1n) is 2.45. The molecule has 0 aliphatic heterocycles. The quantitative estimate of drug-likeness (QED) is 0.669. The zero-order chi connectivity index (χ0) is 7.56. The van der Waals surface area contributed by atoms with Crippen LogP contribution in [0.3, 0.4) is 0 Å². The van der Waals surface area contributed by atoms with Crippen LogP contribution in [0.2, 0.25) is 5.02 Å². The highest BCUT2D eigenvalue weighted by atomic mass is 79.9. The van der Waals surface area contributed by atoms with Gasteiger partial charge in [-0.25, -0.2) is 4.98 Å². The van der Waals surface area contributed by atoms with Crippen LogP contribution >= 0.6 is 27.5 Å². The normalized spacial score (nSPS) is 8.90. The number of rotatable bonds is 0. The summed E-state index contributed by atoms with van der Waals surface area (Å²) in [6.45, 7) is 0. The van der Waals surface area contributed by atoms with E-state index in [0.717, 1.165) is 4.47 Å². The van der Waals surface area contributed by atoms with Gasteiger partial charge in [0.25, 0.3) is 0 Å². The van der Waals surface area contributed by atoms with Crippen molar-refractivity contribution < 1.29 is 0 Å². The van der Waals surface area contributed by atoms with E-state index in [1.165, 1.54) is 6.20 Å². The van der Waals surface area contributed by atoms with E-state index in [0.29, 0.717) is 5.02 Å². The zero-order valence-corrected chi connectivity index (χ0v) is 7.15. The van der Waals surface area contributed by atoms with Crippen molar-refractivity contribution in [3.05, 3.63) is 27.5 Å². The number of hydrogen-bond donors (Lipinski definition) is 0. The standard InChI is InChI=1S/C6H2BrClN2/c7-4-1-5(8)6(2-9)10-3-4/h1,3H. The maximum atomic E-state index is 8.40. The van der Waals surface area contributed by atoms with E-state index in [1.54, 1.807) is 6.07 Å². The molecule has 4 heteroatoms. The molecule has 10 heavy (non-hydrogen) atoms. The zero-order valence-electron chi connectivity index (χ0n) is 4.81. The van der Waals surface area contributed by atoms with E-state index in [9.17, 15) is 0 Å². The topological polar surface area (TPSA) is 36.7 Å². The van der Waals surface area contributed by atoms with Crippen molar-refractivity contribution in [3.8, 4) is 6.07 Å². The number of nitrogens with zero attached hydrogens (tertiary/aromatic N) is 2. The maximum absolute atomic E-state index is 8.40. The molecule has 0 bridgehead atoms. The minimum atomic E-state index is 0.255. The number of hydrogen-bond acceptors (Lipinski definition) is 2. The van der Waals surface area contributed by atoms with Crippen LogP contribution in [0.15, 0.2) is 16.7 Å². The van der Waals surface area contributed by atoms with Crippen LogP contribution in [0, 0.1) is 11.3 Å². The largest absolute Gasteiger partial charge is 0.243 e. The molecule has 0 N–H and O–H groups in total. The summed E-state index contributed by atoms with van der Waals surface area (Å²) in [7, 11) is 0. The van der Waals surface area contributed by atoms with Gasteiger partial charge in [0.1, 0.15) is 6.07 Å². The molecule has 0 amide bonds. The molecule has 0 saturated heterocycles. The van der Waals surface area contributed by atoms with Crippen LogP contribution in [-0.4, -0.2) is 4.98 Å². The lowest BCUT2D eigenvalue weighted by Gasteiger charge is -1.91. The lowest BCUT2D eigenvalue weighted by Crippen LogP contribution is -1.81. The number of halogens is 2. The van der Waals surface area contributed by atoms with Crippen LogP contribution in [0.5, 0.6) is 0 Å². The first kappa shape index (κ1) is 7.52. The molecule has 0 aromatic carbocycles. The van der Waals surface area contributed by atoms with Gasteiger partial charge < -0.3 is 0 Å². The van der Waals surface area contributed by atoms with Crippen LogP contribution in [-0.2, 0) is 0 Å². The Hall–Kier alpha value is -0.590. The summed E-state index contributed by atoms with van der Waals surface area (Å²) >= 11 is 8.78. The molecule has 50 valence electrons. The Morgan fingerprint density at radius 2 is 2.40 bits per heavy atom. The summed E-state index contributed by atoms with van der Waals surface area (Å²) in [5, 5.41) is 8.77. The summed E-state index contributed by atoms with van der Waals surface area (Å²) in [5.41, 5.74) is 0.255. The lowest BCUT2D eigenvalue weighted by atomic mass is 10.4. The van der Waals surface area contributed by atoms with Gasteiger partial charge in [0.2, 0.25) is 0 Å². The minimum Gasteiger partial charge on any atom is -0.243 e. The van der Waals surface area contributed by atoms with Crippen molar-refractivity contribution in [2.75, 3.05) is 0 Å². The Kier molecular flexibility index (Phi) is 2.25. The summed E-state index contributed by atoms with van der Waals surface area (Å²) in [5.74, 6) is 0. The van der Waals surface area contributed by atoms with Crippen LogP contribution < -0.4 is 0 Å². The average molecular weight is 217 g/mol. The van der Waals surface area contributed by atoms with E-state index in [2.05, 4.69) is 20.9 Å². The van der Waals surface area contributed by atoms with E-state index in [-0.39, 0.29) is 5.69 Å². The van der Waals surface area contributed by atoms with Crippen molar-refractivity contribution in [2.24, 2.45) is 0 Å². The molecule has 0 spiro atoms. The van der Waals surface area contributed by atoms with E-state index in [1.807, 2.05) is 6.07 Å². The Labute approximate surface area is 71.6 Å². The Morgan fingerprint density at radius 1 is 1.70 bits per heavy atom. The van der Waals surface area contributed by atoms with E-state index >= 15 is 0 Å². The van der Waals surface area contributed by atoms with Crippen LogP contribution in [0.4, 0.5) is 0 Å². The van der Waals surface area contributed by atoms with Crippen molar-refractivity contribution in [3.63, 3.8) is 0 Å². The van der Waals surface area contributed by atoms with Gasteiger partial charge in [-0.15, -0.1) is 0 Å². The molecule has 1 rings (SSSR count). The molecule has 0 unspecified atom stereocenters. The average Bonchev–Trinajstić information content (AvgIpc) is 1.88. The second-order valence-corrected chi connectivity index (χ2v) is 2.92. The molecule has 0 fully saturated rings. The molecular formula is C6H2BrClN2. The molecule has 1 aromatic heterocycles. The molecule has 0 saturated carbocycles. The molecule has 0 aliphatic rings. The van der Waals surface area contributed by atoms with Crippen molar-refractivity contribution in [1.29, 1.82) is 5.26 Å². The van der Waals surface area contributed by atoms with Gasteiger partial charge in [0.05, 0.1) is 5.02 Å². The second-order valence-electron chi connectivity index (χ2n) is 1.60. The SMILES string of the molecule is N#Cc1ncc(Br)cc1Cl. The van der Waals surface area contributed by atoms with E-state index in [4.69, 9.17) is 16.9 Å². The van der Waals surface area contributed by atoms with Gasteiger partial charge >= 0.3 is 0 Å². The molecule has 0 aliphatic carbocycles. The number of aromatic nitrogens is 1.